The van der Waals surface area contributed by atoms with Crippen LogP contribution >= 0.6 is 11.3 Å². The zero-order chi connectivity index (χ0) is 36.2. The lowest BCUT2D eigenvalue weighted by atomic mass is 10.1. The van der Waals surface area contributed by atoms with E-state index in [-0.39, 0.29) is 58.8 Å². The van der Waals surface area contributed by atoms with E-state index < -0.39 is 17.8 Å². The topological polar surface area (TPSA) is 185 Å². The van der Waals surface area contributed by atoms with Crippen molar-refractivity contribution in [3.63, 3.8) is 0 Å². The highest BCUT2D eigenvalue weighted by atomic mass is 32.1. The fourth-order valence-electron chi connectivity index (χ4n) is 5.76. The molecular weight excluding hydrogens is 682 g/mol. The Morgan fingerprint density at radius 3 is 2.57 bits per heavy atom. The molecule has 2 aliphatic heterocycles. The Labute approximate surface area is 296 Å². The molecule has 5 heterocycles. The number of nitrogens with zero attached hydrogens (tertiary/aromatic N) is 5. The maximum Gasteiger partial charge on any atom is 0.363 e. The molecule has 0 aliphatic carbocycles. The summed E-state index contributed by atoms with van der Waals surface area (Å²) in [6, 6.07) is 6.22. The van der Waals surface area contributed by atoms with Gasteiger partial charge in [-0.3, -0.25) is 24.7 Å². The Bertz CT molecular complexity index is 2050. The summed E-state index contributed by atoms with van der Waals surface area (Å²) in [7, 11) is 6.01. The van der Waals surface area contributed by atoms with Crippen LogP contribution in [0.1, 0.15) is 67.5 Å². The number of aromatic nitrogens is 3. The van der Waals surface area contributed by atoms with E-state index in [4.69, 9.17) is 18.9 Å². The summed E-state index contributed by atoms with van der Waals surface area (Å²) in [6.07, 6.45) is 7.22. The Hall–Kier alpha value is -5.97. The fourth-order valence-corrected chi connectivity index (χ4v) is 6.44. The molecule has 3 aromatic heterocycles. The van der Waals surface area contributed by atoms with Gasteiger partial charge in [0.2, 0.25) is 5.91 Å². The number of hydrogen-bond acceptors (Lipinski definition) is 12. The summed E-state index contributed by atoms with van der Waals surface area (Å²) >= 11 is 1.03. The number of rotatable bonds is 12. The third-order valence-corrected chi connectivity index (χ3v) is 9.06. The van der Waals surface area contributed by atoms with Gasteiger partial charge in [-0.05, 0) is 31.4 Å². The number of hydrogen-bond donors (Lipinski definition) is 2. The molecule has 0 radical (unpaired) electrons. The molecule has 17 heteroatoms. The molecule has 1 atom stereocenters. The molecule has 0 saturated carbocycles. The van der Waals surface area contributed by atoms with Crippen LogP contribution in [0.15, 0.2) is 47.0 Å². The zero-order valence-corrected chi connectivity index (χ0v) is 29.1. The van der Waals surface area contributed by atoms with E-state index in [1.54, 1.807) is 37.0 Å². The lowest BCUT2D eigenvalue weighted by Crippen LogP contribution is -2.35. The van der Waals surface area contributed by atoms with E-state index in [1.807, 2.05) is 11.1 Å². The van der Waals surface area contributed by atoms with Crippen molar-refractivity contribution in [3.05, 3.63) is 64.7 Å². The van der Waals surface area contributed by atoms with Crippen LogP contribution in [0.4, 0.5) is 16.5 Å². The van der Waals surface area contributed by atoms with E-state index in [0.717, 1.165) is 24.2 Å². The summed E-state index contributed by atoms with van der Waals surface area (Å²) in [5.74, 6) is -1.25. The molecule has 3 amide bonds. The second kappa shape index (κ2) is 14.9. The van der Waals surface area contributed by atoms with Crippen molar-refractivity contribution in [2.75, 3.05) is 38.0 Å². The normalized spacial score (nSPS) is 14.7. The van der Waals surface area contributed by atoms with Gasteiger partial charge in [0.05, 0.1) is 43.8 Å². The van der Waals surface area contributed by atoms with E-state index >= 15 is 0 Å². The Balaban J connectivity index is 0.986. The molecule has 51 heavy (non-hydrogen) atoms. The Kier molecular flexibility index (Phi) is 10.2. The summed E-state index contributed by atoms with van der Waals surface area (Å²) in [5.41, 5.74) is 1.81. The SMILES string of the molecule is COC(=O)c1cc(OC(=O)c2csc(NC(=O)c3cc(NC(=O)CCCOc4cc5c(cc4OC)C(=O)N4CCC[C@H]4C=N5)cn3C)n2)cn1C. The van der Waals surface area contributed by atoms with E-state index in [9.17, 15) is 24.0 Å². The van der Waals surface area contributed by atoms with Crippen molar-refractivity contribution in [1.82, 2.24) is 19.0 Å². The van der Waals surface area contributed by atoms with Crippen molar-refractivity contribution in [3.8, 4) is 17.2 Å². The maximum atomic E-state index is 13.1. The van der Waals surface area contributed by atoms with Crippen LogP contribution in [0, 0.1) is 0 Å². The number of carbonyl (C=O) groups is 5. The molecule has 6 rings (SSSR count). The van der Waals surface area contributed by atoms with E-state index in [0.29, 0.717) is 41.4 Å². The predicted molar refractivity (Wildman–Crippen MR) is 186 cm³/mol. The van der Waals surface area contributed by atoms with Gasteiger partial charge in [-0.15, -0.1) is 11.3 Å². The van der Waals surface area contributed by atoms with Crippen molar-refractivity contribution in [2.24, 2.45) is 19.1 Å². The van der Waals surface area contributed by atoms with Crippen molar-refractivity contribution >= 4 is 63.7 Å². The lowest BCUT2D eigenvalue weighted by Gasteiger charge is -2.20. The van der Waals surface area contributed by atoms with Crippen molar-refractivity contribution in [1.29, 1.82) is 0 Å². The first-order chi connectivity index (χ1) is 24.5. The summed E-state index contributed by atoms with van der Waals surface area (Å²) < 4.78 is 24.4. The fraction of sp³-hybridized carbons (Fsp3) is 0.324. The van der Waals surface area contributed by atoms with Gasteiger partial charge in [0.1, 0.15) is 17.1 Å². The van der Waals surface area contributed by atoms with Crippen LogP contribution in [-0.4, -0.2) is 88.3 Å². The lowest BCUT2D eigenvalue weighted by molar-refractivity contribution is -0.116. The van der Waals surface area contributed by atoms with Gasteiger partial charge < -0.3 is 38.3 Å². The van der Waals surface area contributed by atoms with Crippen molar-refractivity contribution in [2.45, 2.75) is 31.7 Å². The highest BCUT2D eigenvalue weighted by molar-refractivity contribution is 7.14. The highest BCUT2D eigenvalue weighted by Crippen LogP contribution is 2.38. The van der Waals surface area contributed by atoms with Crippen LogP contribution in [0.25, 0.3) is 0 Å². The van der Waals surface area contributed by atoms with Crippen LogP contribution in [0.5, 0.6) is 17.2 Å². The van der Waals surface area contributed by atoms with Gasteiger partial charge in [-0.2, -0.15) is 0 Å². The quantitative estimate of drug-likeness (QED) is 0.159. The standard InChI is InChI=1S/C34H35N7O9S/c1-39-16-19(11-25(39)30(43)38-34-37-24(18-51-34)32(45)50-21-12-26(33(46)48-4)40(2)17-21)36-29(42)8-6-10-49-28-14-23-22(13-27(28)47-3)31(44)41-9-5-7-20(41)15-35-23/h11-18,20H,5-10H2,1-4H3,(H,36,42)(H,37,38,43)/t20-/m0/s1. The van der Waals surface area contributed by atoms with Crippen LogP contribution < -0.4 is 24.8 Å². The highest BCUT2D eigenvalue weighted by Gasteiger charge is 2.32. The first kappa shape index (κ1) is 34.9. The molecule has 1 fully saturated rings. The summed E-state index contributed by atoms with van der Waals surface area (Å²) in [5, 5.41) is 7.03. The molecule has 4 aromatic rings. The number of ether oxygens (including phenoxy) is 4. The van der Waals surface area contributed by atoms with Crippen LogP contribution in [0.3, 0.4) is 0 Å². The van der Waals surface area contributed by atoms with Gasteiger partial charge in [0, 0.05) is 63.2 Å². The minimum Gasteiger partial charge on any atom is -0.493 e. The molecule has 2 N–H and O–H groups in total. The maximum absolute atomic E-state index is 13.1. The second-order valence-electron chi connectivity index (χ2n) is 11.8. The molecule has 0 unspecified atom stereocenters. The number of benzene rings is 1. The van der Waals surface area contributed by atoms with Crippen LogP contribution in [0.2, 0.25) is 0 Å². The second-order valence-corrected chi connectivity index (χ2v) is 12.6. The van der Waals surface area contributed by atoms with Gasteiger partial charge in [0.15, 0.2) is 22.3 Å². The van der Waals surface area contributed by atoms with E-state index in [2.05, 4.69) is 20.6 Å². The third-order valence-electron chi connectivity index (χ3n) is 8.30. The number of esters is 2. The molecular formula is C34H35N7O9S. The summed E-state index contributed by atoms with van der Waals surface area (Å²) in [6.45, 7) is 0.905. The molecule has 1 aromatic carbocycles. The number of aryl methyl sites for hydroxylation is 2. The number of methoxy groups -OCH3 is 2. The number of nitrogens with one attached hydrogen (secondary N) is 2. The Morgan fingerprint density at radius 1 is 0.980 bits per heavy atom. The van der Waals surface area contributed by atoms with Crippen molar-refractivity contribution < 1.29 is 42.9 Å². The van der Waals surface area contributed by atoms with E-state index in [1.165, 1.54) is 42.5 Å². The van der Waals surface area contributed by atoms with Gasteiger partial charge in [-0.25, -0.2) is 14.6 Å². The molecule has 266 valence electrons. The first-order valence-corrected chi connectivity index (χ1v) is 16.8. The summed E-state index contributed by atoms with van der Waals surface area (Å²) in [4.78, 5) is 73.8. The predicted octanol–water partition coefficient (Wildman–Crippen LogP) is 4.21. The number of amides is 3. The van der Waals surface area contributed by atoms with Gasteiger partial charge in [-0.1, -0.05) is 0 Å². The minimum absolute atomic E-state index is 0.00886. The average Bonchev–Trinajstić information content (AvgIpc) is 3.91. The number of carbonyl (C=O) groups excluding carboxylic acids is 5. The molecule has 2 aliphatic rings. The number of fused-ring (bicyclic) bond motifs is 2. The number of aliphatic imine (C=N–C) groups is 1. The van der Waals surface area contributed by atoms with Gasteiger partial charge >= 0.3 is 11.9 Å². The smallest absolute Gasteiger partial charge is 0.363 e. The Morgan fingerprint density at radius 2 is 1.78 bits per heavy atom. The van der Waals surface area contributed by atoms with Gasteiger partial charge in [0.25, 0.3) is 11.8 Å². The average molecular weight is 718 g/mol. The molecule has 0 bridgehead atoms. The number of thiazole rings is 1. The largest absolute Gasteiger partial charge is 0.493 e. The number of anilines is 2. The third kappa shape index (κ3) is 7.62. The monoisotopic (exact) mass is 717 g/mol. The first-order valence-electron chi connectivity index (χ1n) is 15.9. The minimum atomic E-state index is -0.772. The zero-order valence-electron chi connectivity index (χ0n) is 28.3. The molecule has 1 saturated heterocycles. The molecule has 16 nitrogen and oxygen atoms in total. The molecule has 0 spiro atoms. The van der Waals surface area contributed by atoms with Crippen LogP contribution in [-0.2, 0) is 23.6 Å².